The van der Waals surface area contributed by atoms with Crippen molar-refractivity contribution in [2.45, 2.75) is 74.8 Å². The Kier molecular flexibility index (Phi) is 14.2. The first-order valence-corrected chi connectivity index (χ1v) is 16.4. The first kappa shape index (κ1) is 38.4. The quantitative estimate of drug-likeness (QED) is 0.0623. The lowest BCUT2D eigenvalue weighted by Gasteiger charge is -2.46. The van der Waals surface area contributed by atoms with E-state index < -0.39 is 73.6 Å². The number of nitrogens with zero attached hydrogens (tertiary/aromatic N) is 1. The van der Waals surface area contributed by atoms with Crippen molar-refractivity contribution in [2.75, 3.05) is 33.0 Å². The molecule has 3 aromatic rings. The Morgan fingerprint density at radius 3 is 2.48 bits per heavy atom. The van der Waals surface area contributed by atoms with Gasteiger partial charge in [-0.3, -0.25) is 9.59 Å². The Balaban J connectivity index is 1.34. The Labute approximate surface area is 289 Å². The molecule has 6 atom stereocenters. The third-order valence-electron chi connectivity index (χ3n) is 8.39. The number of amides is 2. The number of nitrogens with one attached hydrogen (secondary N) is 3. The number of hydrogen-bond donors (Lipinski definition) is 8. The summed E-state index contributed by atoms with van der Waals surface area (Å²) in [5.41, 5.74) is 4.32. The molecule has 0 spiro atoms. The highest BCUT2D eigenvalue weighted by atomic mass is 16.7. The van der Waals surface area contributed by atoms with Gasteiger partial charge in [0.1, 0.15) is 25.4 Å². The second-order valence-electron chi connectivity index (χ2n) is 12.1. The van der Waals surface area contributed by atoms with Crippen molar-refractivity contribution < 1.29 is 54.1 Å². The molecular formula is C35H44N4O11. The molecule has 0 unspecified atom stereocenters. The van der Waals surface area contributed by atoms with Crippen molar-refractivity contribution in [3.05, 3.63) is 54.4 Å². The van der Waals surface area contributed by atoms with Gasteiger partial charge in [0.15, 0.2) is 0 Å². The van der Waals surface area contributed by atoms with Gasteiger partial charge < -0.3 is 55.4 Å². The third kappa shape index (κ3) is 10.3. The van der Waals surface area contributed by atoms with Gasteiger partial charge in [0, 0.05) is 19.6 Å². The molecule has 0 aliphatic carbocycles. The number of aromatic amines is 1. The molecule has 8 N–H and O–H groups in total. The molecule has 50 heavy (non-hydrogen) atoms. The number of aliphatic hydroxyl groups is 4. The number of fused-ring (bicyclic) bond motifs is 1. The monoisotopic (exact) mass is 696 g/mol. The van der Waals surface area contributed by atoms with Crippen LogP contribution in [0.25, 0.3) is 22.2 Å². The van der Waals surface area contributed by atoms with Gasteiger partial charge in [-0.1, -0.05) is 49.1 Å². The molecule has 2 heterocycles. The highest BCUT2D eigenvalue weighted by Crippen LogP contribution is 2.34. The van der Waals surface area contributed by atoms with Gasteiger partial charge in [-0.05, 0) is 41.7 Å². The molecule has 1 aliphatic heterocycles. The lowest BCUT2D eigenvalue weighted by Crippen LogP contribution is -2.68. The standard InChI is InChI=1S/C35H44N4O11/c1-2-13-48-14-5-3-4-6-15-49-35(34(46)47)18-27(41)31(39-30(44)20-40)33(50-35)32(45)28(42)19-36-29(43)16-22-7-9-23(10-8-22)24-11-12-25-26(17-24)38-21-37-25/h1,7-12,17,21,27-28,31-33,40-42,45H,3-6,13-16,18-20H2,(H,36,43)(H,37,38)(H,39,44)(H,46,47)/t27-,28+,31+,32+,33+,35+/m0/s1. The fourth-order valence-electron chi connectivity index (χ4n) is 5.71. The van der Waals surface area contributed by atoms with Crippen LogP contribution >= 0.6 is 0 Å². The van der Waals surface area contributed by atoms with Gasteiger partial charge in [0.05, 0.1) is 48.6 Å². The number of aliphatic hydroxyl groups excluding tert-OH is 4. The maximum atomic E-state index is 12.8. The Morgan fingerprint density at radius 1 is 1.06 bits per heavy atom. The molecule has 1 fully saturated rings. The van der Waals surface area contributed by atoms with E-state index in [1.165, 1.54) is 0 Å². The van der Waals surface area contributed by atoms with Crippen LogP contribution in [0.1, 0.15) is 37.7 Å². The maximum Gasteiger partial charge on any atom is 0.364 e. The predicted octanol–water partition coefficient (Wildman–Crippen LogP) is 0.245. The van der Waals surface area contributed by atoms with Crippen LogP contribution in [0.5, 0.6) is 0 Å². The summed E-state index contributed by atoms with van der Waals surface area (Å²) in [6.45, 7) is -0.789. The summed E-state index contributed by atoms with van der Waals surface area (Å²) in [4.78, 5) is 44.5. The zero-order valence-electron chi connectivity index (χ0n) is 27.5. The zero-order chi connectivity index (χ0) is 36.1. The zero-order valence-corrected chi connectivity index (χ0v) is 27.5. The summed E-state index contributed by atoms with van der Waals surface area (Å²) in [5, 5.41) is 57.1. The summed E-state index contributed by atoms with van der Waals surface area (Å²) < 4.78 is 16.6. The van der Waals surface area contributed by atoms with Gasteiger partial charge in [0.25, 0.3) is 5.79 Å². The van der Waals surface area contributed by atoms with Crippen molar-refractivity contribution in [3.8, 4) is 23.5 Å². The van der Waals surface area contributed by atoms with E-state index in [1.807, 2.05) is 30.3 Å². The molecule has 1 aromatic heterocycles. The minimum absolute atomic E-state index is 0.0385. The Morgan fingerprint density at radius 2 is 1.78 bits per heavy atom. The lowest BCUT2D eigenvalue weighted by atomic mass is 9.88. The smallest absolute Gasteiger partial charge is 0.364 e. The Bertz CT molecular complexity index is 1610. The number of unbranched alkanes of at least 4 members (excludes halogenated alkanes) is 3. The average molecular weight is 697 g/mol. The molecule has 0 bridgehead atoms. The number of rotatable bonds is 19. The normalized spacial score (nSPS) is 21.6. The molecule has 4 rings (SSSR count). The molecule has 1 aliphatic rings. The topological polar surface area (TPSA) is 233 Å². The number of carboxylic acids is 1. The summed E-state index contributed by atoms with van der Waals surface area (Å²) in [6, 6.07) is 11.7. The second kappa shape index (κ2) is 18.6. The van der Waals surface area contributed by atoms with E-state index in [0.717, 1.165) is 35.0 Å². The predicted molar refractivity (Wildman–Crippen MR) is 179 cm³/mol. The van der Waals surface area contributed by atoms with Crippen molar-refractivity contribution in [1.82, 2.24) is 20.6 Å². The summed E-state index contributed by atoms with van der Waals surface area (Å²) in [6.07, 6.45) is 1.77. The number of imidazole rings is 1. The van der Waals surface area contributed by atoms with E-state index in [2.05, 4.69) is 26.5 Å². The van der Waals surface area contributed by atoms with Gasteiger partial charge in [-0.25, -0.2) is 9.78 Å². The Hall–Kier alpha value is -4.40. The summed E-state index contributed by atoms with van der Waals surface area (Å²) in [7, 11) is 0. The molecule has 1 saturated heterocycles. The largest absolute Gasteiger partial charge is 0.477 e. The number of terminal acetylenes is 1. The third-order valence-corrected chi connectivity index (χ3v) is 8.39. The number of benzene rings is 2. The average Bonchev–Trinajstić information content (AvgIpc) is 3.59. The molecule has 270 valence electrons. The number of carbonyl (C=O) groups excluding carboxylic acids is 2. The molecule has 2 amide bonds. The van der Waals surface area contributed by atoms with Crippen LogP contribution in [-0.2, 0) is 35.0 Å². The van der Waals surface area contributed by atoms with Crippen LogP contribution in [0, 0.1) is 12.3 Å². The van der Waals surface area contributed by atoms with E-state index in [9.17, 15) is 39.9 Å². The maximum absolute atomic E-state index is 12.8. The molecule has 0 radical (unpaired) electrons. The summed E-state index contributed by atoms with van der Waals surface area (Å²) >= 11 is 0. The van der Waals surface area contributed by atoms with Crippen molar-refractivity contribution in [2.24, 2.45) is 0 Å². The van der Waals surface area contributed by atoms with E-state index >= 15 is 0 Å². The number of H-pyrrole nitrogens is 1. The van der Waals surface area contributed by atoms with Crippen molar-refractivity contribution in [3.63, 3.8) is 0 Å². The van der Waals surface area contributed by atoms with E-state index in [1.54, 1.807) is 18.5 Å². The van der Waals surface area contributed by atoms with E-state index in [0.29, 0.717) is 25.0 Å². The molecule has 0 saturated carbocycles. The molecule has 2 aromatic carbocycles. The first-order chi connectivity index (χ1) is 24.1. The number of hydrogen-bond acceptors (Lipinski definition) is 11. The second-order valence-corrected chi connectivity index (χ2v) is 12.1. The van der Waals surface area contributed by atoms with Gasteiger partial charge in [-0.2, -0.15) is 0 Å². The van der Waals surface area contributed by atoms with Gasteiger partial charge in [0.2, 0.25) is 11.8 Å². The minimum atomic E-state index is -2.42. The highest BCUT2D eigenvalue weighted by molar-refractivity contribution is 5.82. The van der Waals surface area contributed by atoms with Gasteiger partial charge >= 0.3 is 5.97 Å². The van der Waals surface area contributed by atoms with Crippen LogP contribution in [0.15, 0.2) is 48.8 Å². The van der Waals surface area contributed by atoms with Crippen molar-refractivity contribution >= 4 is 28.8 Å². The van der Waals surface area contributed by atoms with E-state index in [4.69, 9.17) is 20.6 Å². The molecular weight excluding hydrogens is 652 g/mol. The van der Waals surface area contributed by atoms with Crippen LogP contribution in [0.3, 0.4) is 0 Å². The van der Waals surface area contributed by atoms with E-state index in [-0.39, 0.29) is 19.6 Å². The number of aliphatic carboxylic acids is 1. The minimum Gasteiger partial charge on any atom is -0.477 e. The summed E-state index contributed by atoms with van der Waals surface area (Å²) in [5.74, 6) is -3.02. The highest BCUT2D eigenvalue weighted by Gasteiger charge is 2.55. The number of carboxylic acid groups (broad SMARTS) is 1. The fraction of sp³-hybridized carbons (Fsp3) is 0.486. The van der Waals surface area contributed by atoms with Crippen LogP contribution in [-0.4, -0.2) is 123 Å². The first-order valence-electron chi connectivity index (χ1n) is 16.4. The van der Waals surface area contributed by atoms with Crippen LogP contribution in [0.2, 0.25) is 0 Å². The lowest BCUT2D eigenvalue weighted by molar-refractivity contribution is -0.310. The molecule has 15 heteroatoms. The fourth-order valence-corrected chi connectivity index (χ4v) is 5.71. The van der Waals surface area contributed by atoms with Gasteiger partial charge in [-0.15, -0.1) is 6.42 Å². The van der Waals surface area contributed by atoms with Crippen LogP contribution < -0.4 is 10.6 Å². The SMILES string of the molecule is C#CCOCCCCCCO[C@]1(C(=O)O)C[C@H](O)[C@@H](NC(=O)CO)[C@H]([C@H](O)[C@H](O)CNC(=O)Cc2ccc(-c3ccc4[nH]cnc4c3)cc2)O1. The number of aromatic nitrogens is 2. The number of carbonyl (C=O) groups is 3. The van der Waals surface area contributed by atoms with Crippen LogP contribution in [0.4, 0.5) is 0 Å². The van der Waals surface area contributed by atoms with Crippen molar-refractivity contribution in [1.29, 1.82) is 0 Å². The number of ether oxygens (including phenoxy) is 3. The molecule has 15 nitrogen and oxygen atoms in total.